The van der Waals surface area contributed by atoms with Gasteiger partial charge in [0.25, 0.3) is 0 Å². The van der Waals surface area contributed by atoms with Gasteiger partial charge in [0.1, 0.15) is 0 Å². The lowest BCUT2D eigenvalue weighted by Crippen LogP contribution is -2.13. The first-order chi connectivity index (χ1) is 11.1. The molecule has 6 N–H and O–H groups in total. The number of anilines is 2. The first-order valence-electron chi connectivity index (χ1n) is 7.41. The van der Waals surface area contributed by atoms with Gasteiger partial charge < -0.3 is 22.1 Å². The molecule has 0 radical (unpaired) electrons. The van der Waals surface area contributed by atoms with Gasteiger partial charge >= 0.3 is 0 Å². The minimum absolute atomic E-state index is 0.262. The molecule has 23 heavy (non-hydrogen) atoms. The Bertz CT molecular complexity index is 655. The highest BCUT2D eigenvalue weighted by atomic mass is 32.2. The van der Waals surface area contributed by atoms with Crippen molar-refractivity contribution in [2.45, 2.75) is 9.79 Å². The molecule has 0 heterocycles. The summed E-state index contributed by atoms with van der Waals surface area (Å²) in [6.45, 7) is 2.32. The van der Waals surface area contributed by atoms with Gasteiger partial charge in [0.15, 0.2) is 0 Å². The van der Waals surface area contributed by atoms with E-state index in [-0.39, 0.29) is 9.79 Å². The zero-order valence-electron chi connectivity index (χ0n) is 12.8. The summed E-state index contributed by atoms with van der Waals surface area (Å²) in [5.41, 5.74) is 12.5. The van der Waals surface area contributed by atoms with Crippen LogP contribution in [0.3, 0.4) is 0 Å². The van der Waals surface area contributed by atoms with E-state index in [0.29, 0.717) is 26.2 Å². The average Bonchev–Trinajstić information content (AvgIpc) is 2.59. The van der Waals surface area contributed by atoms with Gasteiger partial charge in [-0.2, -0.15) is 0 Å². The summed E-state index contributed by atoms with van der Waals surface area (Å²) in [5, 5.41) is 6.20. The van der Waals surface area contributed by atoms with Crippen LogP contribution < -0.4 is 22.1 Å². The Labute approximate surface area is 136 Å². The minimum Gasteiger partial charge on any atom is -0.384 e. The molecule has 0 spiro atoms. The molecule has 2 rings (SSSR count). The Balaban J connectivity index is 2.17. The summed E-state index contributed by atoms with van der Waals surface area (Å²) >= 11 is 0. The predicted octanol–water partition coefficient (Wildman–Crippen LogP) is 1.26. The van der Waals surface area contributed by atoms with Crippen molar-refractivity contribution in [2.24, 2.45) is 11.5 Å². The molecule has 0 aliphatic heterocycles. The largest absolute Gasteiger partial charge is 0.384 e. The van der Waals surface area contributed by atoms with Crippen LogP contribution in [0.25, 0.3) is 0 Å². The molecule has 0 atom stereocenters. The molecular formula is C16H22N4O2S. The Morgan fingerprint density at radius 3 is 1.35 bits per heavy atom. The van der Waals surface area contributed by atoms with Crippen molar-refractivity contribution in [3.8, 4) is 0 Å². The normalized spacial score (nSPS) is 11.2. The topological polar surface area (TPSA) is 110 Å². The Hall–Kier alpha value is -2.09. The van der Waals surface area contributed by atoms with Gasteiger partial charge in [0.05, 0.1) is 9.79 Å². The second kappa shape index (κ2) is 7.96. The van der Waals surface area contributed by atoms with E-state index in [1.165, 1.54) is 0 Å². The van der Waals surface area contributed by atoms with Crippen LogP contribution in [-0.2, 0) is 9.84 Å². The van der Waals surface area contributed by atoms with Crippen LogP contribution in [0.2, 0.25) is 0 Å². The number of sulfone groups is 1. The fourth-order valence-corrected chi connectivity index (χ4v) is 3.33. The van der Waals surface area contributed by atoms with Gasteiger partial charge in [-0.15, -0.1) is 0 Å². The minimum atomic E-state index is -3.52. The van der Waals surface area contributed by atoms with E-state index < -0.39 is 9.84 Å². The number of hydrogen-bond donors (Lipinski definition) is 4. The molecule has 124 valence electrons. The second-order valence-electron chi connectivity index (χ2n) is 4.98. The molecule has 0 unspecified atom stereocenters. The second-order valence-corrected chi connectivity index (χ2v) is 6.93. The molecule has 7 heteroatoms. The molecule has 0 saturated heterocycles. The van der Waals surface area contributed by atoms with Crippen LogP contribution in [0, 0.1) is 0 Å². The third kappa shape index (κ3) is 4.44. The van der Waals surface area contributed by atoms with E-state index in [1.807, 2.05) is 0 Å². The molecular weight excluding hydrogens is 312 g/mol. The van der Waals surface area contributed by atoms with Gasteiger partial charge in [-0.3, -0.25) is 0 Å². The molecule has 0 amide bonds. The quantitative estimate of drug-likeness (QED) is 0.578. The van der Waals surface area contributed by atoms with Crippen LogP contribution in [0.4, 0.5) is 11.4 Å². The highest BCUT2D eigenvalue weighted by molar-refractivity contribution is 7.91. The van der Waals surface area contributed by atoms with Crippen molar-refractivity contribution in [3.05, 3.63) is 48.5 Å². The van der Waals surface area contributed by atoms with Gasteiger partial charge in [0.2, 0.25) is 9.84 Å². The summed E-state index contributed by atoms with van der Waals surface area (Å²) in [4.78, 5) is 0.525. The summed E-state index contributed by atoms with van der Waals surface area (Å²) in [5.74, 6) is 0. The van der Waals surface area contributed by atoms with Crippen molar-refractivity contribution < 1.29 is 8.42 Å². The lowest BCUT2D eigenvalue weighted by atomic mass is 10.3. The predicted molar refractivity (Wildman–Crippen MR) is 93.4 cm³/mol. The van der Waals surface area contributed by atoms with Crippen molar-refractivity contribution in [1.82, 2.24) is 0 Å². The Morgan fingerprint density at radius 2 is 1.04 bits per heavy atom. The first kappa shape index (κ1) is 17.3. The average molecular weight is 334 g/mol. The number of benzene rings is 2. The SMILES string of the molecule is NCCNc1ccc(S(=O)(=O)c2ccc(NCCN)cc2)cc1. The lowest BCUT2D eigenvalue weighted by Gasteiger charge is -2.09. The van der Waals surface area contributed by atoms with Gasteiger partial charge in [-0.1, -0.05) is 0 Å². The maximum Gasteiger partial charge on any atom is 0.206 e. The van der Waals surface area contributed by atoms with Gasteiger partial charge in [-0.25, -0.2) is 8.42 Å². The molecule has 2 aromatic carbocycles. The summed E-state index contributed by atoms with van der Waals surface area (Å²) in [7, 11) is -3.52. The van der Waals surface area contributed by atoms with E-state index in [4.69, 9.17) is 11.5 Å². The van der Waals surface area contributed by atoms with Gasteiger partial charge in [0, 0.05) is 37.6 Å². The van der Waals surface area contributed by atoms with E-state index >= 15 is 0 Å². The molecule has 0 fully saturated rings. The van der Waals surface area contributed by atoms with Crippen LogP contribution >= 0.6 is 0 Å². The summed E-state index contributed by atoms with van der Waals surface area (Å²) in [6.07, 6.45) is 0. The van der Waals surface area contributed by atoms with Gasteiger partial charge in [-0.05, 0) is 48.5 Å². The first-order valence-corrected chi connectivity index (χ1v) is 8.89. The van der Waals surface area contributed by atoms with Crippen molar-refractivity contribution in [2.75, 3.05) is 36.8 Å². The van der Waals surface area contributed by atoms with Crippen LogP contribution in [0.5, 0.6) is 0 Å². The smallest absolute Gasteiger partial charge is 0.206 e. The van der Waals surface area contributed by atoms with Crippen LogP contribution in [0.1, 0.15) is 0 Å². The monoisotopic (exact) mass is 334 g/mol. The lowest BCUT2D eigenvalue weighted by molar-refractivity contribution is 0.596. The zero-order chi connectivity index (χ0) is 16.7. The van der Waals surface area contributed by atoms with Crippen molar-refractivity contribution in [1.29, 1.82) is 0 Å². The van der Waals surface area contributed by atoms with Crippen LogP contribution in [0.15, 0.2) is 58.3 Å². The molecule has 0 aliphatic rings. The van der Waals surface area contributed by atoms with Crippen molar-refractivity contribution >= 4 is 21.2 Å². The zero-order valence-corrected chi connectivity index (χ0v) is 13.6. The van der Waals surface area contributed by atoms with E-state index in [9.17, 15) is 8.42 Å². The maximum atomic E-state index is 12.6. The molecule has 2 aromatic rings. The summed E-state index contributed by atoms with van der Waals surface area (Å²) in [6, 6.07) is 13.3. The van der Waals surface area contributed by atoms with E-state index in [1.54, 1.807) is 48.5 Å². The number of nitrogens with two attached hydrogens (primary N) is 2. The molecule has 0 saturated carbocycles. The molecule has 0 aromatic heterocycles. The third-order valence-electron chi connectivity index (χ3n) is 3.28. The van der Waals surface area contributed by atoms with Crippen LogP contribution in [-0.4, -0.2) is 34.6 Å². The maximum absolute atomic E-state index is 12.6. The fraction of sp³-hybridized carbons (Fsp3) is 0.250. The third-order valence-corrected chi connectivity index (χ3v) is 5.06. The standard InChI is InChI=1S/C16H22N4O2S/c17-9-11-19-13-1-5-15(6-2-13)23(21,22)16-7-3-14(4-8-16)20-12-10-18/h1-8,19-20H,9-12,17-18H2. The number of hydrogen-bond acceptors (Lipinski definition) is 6. The Kier molecular flexibility index (Phi) is 5.97. The highest BCUT2D eigenvalue weighted by Gasteiger charge is 2.17. The van der Waals surface area contributed by atoms with E-state index in [0.717, 1.165) is 11.4 Å². The fourth-order valence-electron chi connectivity index (χ4n) is 2.07. The molecule has 0 bridgehead atoms. The molecule has 6 nitrogen and oxygen atoms in total. The number of rotatable bonds is 8. The highest BCUT2D eigenvalue weighted by Crippen LogP contribution is 2.23. The van der Waals surface area contributed by atoms with E-state index in [2.05, 4.69) is 10.6 Å². The number of nitrogens with one attached hydrogen (secondary N) is 2. The summed E-state index contributed by atoms with van der Waals surface area (Å²) < 4.78 is 25.2. The Morgan fingerprint density at radius 1 is 0.696 bits per heavy atom. The van der Waals surface area contributed by atoms with Crippen molar-refractivity contribution in [3.63, 3.8) is 0 Å². The molecule has 0 aliphatic carbocycles.